The van der Waals surface area contributed by atoms with Crippen molar-refractivity contribution in [2.75, 3.05) is 11.9 Å². The highest BCUT2D eigenvalue weighted by molar-refractivity contribution is 5.89. The maximum atomic E-state index is 11.6. The first-order chi connectivity index (χ1) is 8.52. The van der Waals surface area contributed by atoms with Crippen LogP contribution in [0, 0.1) is 12.8 Å². The molecule has 2 amide bonds. The Hall–Kier alpha value is -1.55. The first-order valence-electron chi connectivity index (χ1n) is 6.32. The molecule has 4 heteroatoms. The van der Waals surface area contributed by atoms with Gasteiger partial charge >= 0.3 is 6.03 Å². The van der Waals surface area contributed by atoms with Crippen molar-refractivity contribution in [1.82, 2.24) is 5.32 Å². The molecule has 0 radical (unpaired) electrons. The number of rotatable bonds is 5. The van der Waals surface area contributed by atoms with Crippen LogP contribution in [0.3, 0.4) is 0 Å². The molecule has 0 heterocycles. The summed E-state index contributed by atoms with van der Waals surface area (Å²) in [6.45, 7) is 6.24. The van der Waals surface area contributed by atoms with Gasteiger partial charge in [-0.05, 0) is 25.0 Å². The van der Waals surface area contributed by atoms with E-state index in [1.807, 2.05) is 45.0 Å². The topological polar surface area (TPSA) is 61.4 Å². The van der Waals surface area contributed by atoms with E-state index in [4.69, 9.17) is 0 Å². The number of aryl methyl sites for hydroxylation is 1. The van der Waals surface area contributed by atoms with Crippen LogP contribution >= 0.6 is 0 Å². The molecule has 18 heavy (non-hydrogen) atoms. The van der Waals surface area contributed by atoms with Gasteiger partial charge in [-0.2, -0.15) is 0 Å². The zero-order chi connectivity index (χ0) is 13.5. The maximum Gasteiger partial charge on any atom is 0.319 e. The number of aliphatic hydroxyl groups is 1. The van der Waals surface area contributed by atoms with Crippen LogP contribution in [0.2, 0.25) is 0 Å². The standard InChI is InChI=1S/C14H22N2O2/c1-4-11(3)13(17)9-15-14(18)16-12-7-5-10(2)6-8-12/h5-8,11,13,17H,4,9H2,1-3H3,(H2,15,16,18)/t11-,13+/m0/s1. The third-order valence-corrected chi connectivity index (χ3v) is 3.08. The molecule has 0 fully saturated rings. The largest absolute Gasteiger partial charge is 0.391 e. The predicted molar refractivity (Wildman–Crippen MR) is 73.7 cm³/mol. The molecule has 0 saturated carbocycles. The first kappa shape index (κ1) is 14.5. The number of anilines is 1. The first-order valence-corrected chi connectivity index (χ1v) is 6.32. The van der Waals surface area contributed by atoms with E-state index in [9.17, 15) is 9.90 Å². The Balaban J connectivity index is 2.36. The van der Waals surface area contributed by atoms with E-state index in [0.29, 0.717) is 0 Å². The molecule has 0 aliphatic heterocycles. The van der Waals surface area contributed by atoms with Gasteiger partial charge in [-0.15, -0.1) is 0 Å². The second-order valence-corrected chi connectivity index (χ2v) is 4.65. The number of hydrogen-bond acceptors (Lipinski definition) is 2. The lowest BCUT2D eigenvalue weighted by Crippen LogP contribution is -2.37. The van der Waals surface area contributed by atoms with Gasteiger partial charge < -0.3 is 15.7 Å². The fourth-order valence-electron chi connectivity index (χ4n) is 1.48. The van der Waals surface area contributed by atoms with E-state index in [0.717, 1.165) is 17.7 Å². The smallest absolute Gasteiger partial charge is 0.319 e. The molecule has 3 N–H and O–H groups in total. The van der Waals surface area contributed by atoms with Crippen molar-refractivity contribution in [2.45, 2.75) is 33.3 Å². The molecule has 0 aromatic heterocycles. The van der Waals surface area contributed by atoms with E-state index < -0.39 is 6.10 Å². The van der Waals surface area contributed by atoms with E-state index in [2.05, 4.69) is 10.6 Å². The average molecular weight is 250 g/mol. The van der Waals surface area contributed by atoms with Crippen LogP contribution in [0.4, 0.5) is 10.5 Å². The molecule has 0 spiro atoms. The fraction of sp³-hybridized carbons (Fsp3) is 0.500. The van der Waals surface area contributed by atoms with Gasteiger partial charge in [0.15, 0.2) is 0 Å². The third-order valence-electron chi connectivity index (χ3n) is 3.08. The van der Waals surface area contributed by atoms with Crippen molar-refractivity contribution < 1.29 is 9.90 Å². The van der Waals surface area contributed by atoms with Gasteiger partial charge in [-0.1, -0.05) is 38.0 Å². The van der Waals surface area contributed by atoms with Gasteiger partial charge in [-0.3, -0.25) is 0 Å². The quantitative estimate of drug-likeness (QED) is 0.752. The van der Waals surface area contributed by atoms with E-state index in [1.165, 1.54) is 0 Å². The Kier molecular flexibility index (Phi) is 5.65. The maximum absolute atomic E-state index is 11.6. The molecule has 0 saturated heterocycles. The predicted octanol–water partition coefficient (Wildman–Crippen LogP) is 2.52. The minimum absolute atomic E-state index is 0.185. The lowest BCUT2D eigenvalue weighted by molar-refractivity contribution is 0.115. The van der Waals surface area contributed by atoms with Crippen molar-refractivity contribution >= 4 is 11.7 Å². The number of urea groups is 1. The monoisotopic (exact) mass is 250 g/mol. The van der Waals surface area contributed by atoms with E-state index in [1.54, 1.807) is 0 Å². The molecule has 4 nitrogen and oxygen atoms in total. The second kappa shape index (κ2) is 7.01. The van der Waals surface area contributed by atoms with Gasteiger partial charge in [0.1, 0.15) is 0 Å². The Morgan fingerprint density at radius 1 is 1.33 bits per heavy atom. The molecular formula is C14H22N2O2. The van der Waals surface area contributed by atoms with Gasteiger partial charge in [0.25, 0.3) is 0 Å². The summed E-state index contributed by atoms with van der Waals surface area (Å²) in [4.78, 5) is 11.6. The number of nitrogens with one attached hydrogen (secondary N) is 2. The highest BCUT2D eigenvalue weighted by Gasteiger charge is 2.13. The summed E-state index contributed by atoms with van der Waals surface area (Å²) in [5.41, 5.74) is 1.89. The number of hydrogen-bond donors (Lipinski definition) is 3. The van der Waals surface area contributed by atoms with Gasteiger partial charge in [0.2, 0.25) is 0 Å². The molecule has 0 aliphatic rings. The summed E-state index contributed by atoms with van der Waals surface area (Å²) in [6, 6.07) is 7.27. The summed E-state index contributed by atoms with van der Waals surface area (Å²) in [6.07, 6.45) is 0.390. The zero-order valence-electron chi connectivity index (χ0n) is 11.2. The molecule has 0 bridgehead atoms. The van der Waals surface area contributed by atoms with Crippen molar-refractivity contribution in [3.63, 3.8) is 0 Å². The average Bonchev–Trinajstić information content (AvgIpc) is 2.37. The van der Waals surface area contributed by atoms with Crippen LogP contribution in [0.1, 0.15) is 25.8 Å². The van der Waals surface area contributed by atoms with Crippen molar-refractivity contribution in [1.29, 1.82) is 0 Å². The molecule has 1 aromatic rings. The van der Waals surface area contributed by atoms with Gasteiger partial charge in [0.05, 0.1) is 6.10 Å². The van der Waals surface area contributed by atoms with Crippen LogP contribution in [0.15, 0.2) is 24.3 Å². The summed E-state index contributed by atoms with van der Waals surface area (Å²) in [7, 11) is 0. The Labute approximate surface area is 108 Å². The van der Waals surface area contributed by atoms with Gasteiger partial charge in [0, 0.05) is 12.2 Å². The lowest BCUT2D eigenvalue weighted by atomic mass is 10.0. The number of benzene rings is 1. The van der Waals surface area contributed by atoms with Crippen LogP contribution in [-0.4, -0.2) is 23.8 Å². The number of amides is 2. The minimum Gasteiger partial charge on any atom is -0.391 e. The summed E-state index contributed by atoms with van der Waals surface area (Å²) in [5.74, 6) is 0.185. The van der Waals surface area contributed by atoms with Gasteiger partial charge in [-0.25, -0.2) is 4.79 Å². The Bertz CT molecular complexity index is 376. The number of carbonyl (C=O) groups is 1. The minimum atomic E-state index is -0.501. The highest BCUT2D eigenvalue weighted by atomic mass is 16.3. The molecule has 1 rings (SSSR count). The molecule has 100 valence electrons. The number of aliphatic hydroxyl groups excluding tert-OH is 1. The molecule has 2 atom stereocenters. The third kappa shape index (κ3) is 4.75. The van der Waals surface area contributed by atoms with Crippen molar-refractivity contribution in [3.8, 4) is 0 Å². The summed E-state index contributed by atoms with van der Waals surface area (Å²) >= 11 is 0. The van der Waals surface area contributed by atoms with Crippen molar-refractivity contribution in [3.05, 3.63) is 29.8 Å². The molecule has 0 aliphatic carbocycles. The van der Waals surface area contributed by atoms with E-state index >= 15 is 0 Å². The van der Waals surface area contributed by atoms with Crippen LogP contribution in [-0.2, 0) is 0 Å². The van der Waals surface area contributed by atoms with Crippen LogP contribution in [0.5, 0.6) is 0 Å². The lowest BCUT2D eigenvalue weighted by Gasteiger charge is -2.17. The van der Waals surface area contributed by atoms with E-state index in [-0.39, 0.29) is 18.5 Å². The zero-order valence-corrected chi connectivity index (χ0v) is 11.2. The van der Waals surface area contributed by atoms with Crippen molar-refractivity contribution in [2.24, 2.45) is 5.92 Å². The Morgan fingerprint density at radius 2 is 1.94 bits per heavy atom. The summed E-state index contributed by atoms with van der Waals surface area (Å²) < 4.78 is 0. The Morgan fingerprint density at radius 3 is 2.50 bits per heavy atom. The van der Waals surface area contributed by atoms with Crippen LogP contribution < -0.4 is 10.6 Å². The SMILES string of the molecule is CC[C@H](C)[C@H](O)CNC(=O)Nc1ccc(C)cc1. The van der Waals surface area contributed by atoms with Crippen LogP contribution in [0.25, 0.3) is 0 Å². The second-order valence-electron chi connectivity index (χ2n) is 4.65. The fourth-order valence-corrected chi connectivity index (χ4v) is 1.48. The molecule has 0 unspecified atom stereocenters. The molecular weight excluding hydrogens is 228 g/mol. The normalized spacial score (nSPS) is 13.8. The number of carbonyl (C=O) groups excluding carboxylic acids is 1. The summed E-state index contributed by atoms with van der Waals surface area (Å²) in [5, 5.41) is 15.1. The highest BCUT2D eigenvalue weighted by Crippen LogP contribution is 2.09. The molecule has 1 aromatic carbocycles.